The number of aromatic amines is 1. The second-order valence-corrected chi connectivity index (χ2v) is 4.28. The Morgan fingerprint density at radius 2 is 2.06 bits per heavy atom. The number of hydrogen-bond donors (Lipinski definition) is 4. The number of rotatable bonds is 2. The molecule has 0 aromatic carbocycles. The Kier molecular flexibility index (Phi) is 3.55. The van der Waals surface area contributed by atoms with E-state index >= 15 is 0 Å². The van der Waals surface area contributed by atoms with Gasteiger partial charge in [0.15, 0.2) is 6.23 Å². The SMILES string of the molecule is O=c1[nH]c(=O)n([C@H]2O[C@@H](CO)[C@@H](O)[C@H]2O)cc1Cl. The molecule has 2 heterocycles. The van der Waals surface area contributed by atoms with Gasteiger partial charge in [0.05, 0.1) is 6.61 Å². The molecule has 0 radical (unpaired) electrons. The van der Waals surface area contributed by atoms with Gasteiger partial charge in [0.1, 0.15) is 23.3 Å². The standard InChI is InChI=1S/C9H11ClN2O6/c10-3-1-12(9(17)11-7(3)16)8-6(15)5(14)4(2-13)18-8/h1,4-6,8,13-15H,2H2,(H,11,16,17)/t4-,5+,6+,8-/m0/s1. The highest BCUT2D eigenvalue weighted by atomic mass is 35.5. The highest BCUT2D eigenvalue weighted by molar-refractivity contribution is 6.30. The summed E-state index contributed by atoms with van der Waals surface area (Å²) in [5, 5.41) is 27.9. The van der Waals surface area contributed by atoms with Crippen LogP contribution in [0.15, 0.2) is 15.8 Å². The van der Waals surface area contributed by atoms with Crippen molar-refractivity contribution in [3.05, 3.63) is 32.1 Å². The lowest BCUT2D eigenvalue weighted by atomic mass is 10.1. The molecule has 0 unspecified atom stereocenters. The third-order valence-corrected chi connectivity index (χ3v) is 2.98. The average molecular weight is 279 g/mol. The Morgan fingerprint density at radius 3 is 2.61 bits per heavy atom. The Morgan fingerprint density at radius 1 is 1.39 bits per heavy atom. The lowest BCUT2D eigenvalue weighted by molar-refractivity contribution is -0.0550. The van der Waals surface area contributed by atoms with E-state index in [1.807, 2.05) is 4.98 Å². The molecule has 0 aliphatic carbocycles. The van der Waals surface area contributed by atoms with Crippen LogP contribution in [-0.4, -0.2) is 49.8 Å². The number of nitrogens with one attached hydrogen (secondary N) is 1. The van der Waals surface area contributed by atoms with Crippen molar-refractivity contribution in [2.75, 3.05) is 6.61 Å². The molecule has 1 aliphatic heterocycles. The Balaban J connectivity index is 2.42. The van der Waals surface area contributed by atoms with Crippen LogP contribution in [0, 0.1) is 0 Å². The summed E-state index contributed by atoms with van der Waals surface area (Å²) < 4.78 is 5.98. The minimum absolute atomic E-state index is 0.257. The van der Waals surface area contributed by atoms with E-state index in [4.69, 9.17) is 21.4 Å². The van der Waals surface area contributed by atoms with Gasteiger partial charge < -0.3 is 20.1 Å². The van der Waals surface area contributed by atoms with Crippen molar-refractivity contribution in [2.24, 2.45) is 0 Å². The number of aliphatic hydroxyl groups is 3. The molecule has 1 aromatic rings. The smallest absolute Gasteiger partial charge is 0.330 e. The minimum atomic E-state index is -1.41. The van der Waals surface area contributed by atoms with Crippen molar-refractivity contribution in [1.29, 1.82) is 0 Å². The van der Waals surface area contributed by atoms with Gasteiger partial charge in [-0.25, -0.2) is 4.79 Å². The maximum absolute atomic E-state index is 11.5. The topological polar surface area (TPSA) is 125 Å². The molecule has 18 heavy (non-hydrogen) atoms. The molecule has 1 aliphatic rings. The van der Waals surface area contributed by atoms with E-state index in [-0.39, 0.29) is 5.02 Å². The highest BCUT2D eigenvalue weighted by Gasteiger charge is 2.43. The van der Waals surface area contributed by atoms with E-state index < -0.39 is 42.4 Å². The number of hydrogen-bond acceptors (Lipinski definition) is 6. The molecule has 1 aromatic heterocycles. The summed E-state index contributed by atoms with van der Waals surface area (Å²) in [7, 11) is 0. The van der Waals surface area contributed by atoms with E-state index in [1.165, 1.54) is 0 Å². The van der Waals surface area contributed by atoms with Crippen LogP contribution in [0.25, 0.3) is 0 Å². The van der Waals surface area contributed by atoms with Crippen LogP contribution in [0.3, 0.4) is 0 Å². The summed E-state index contributed by atoms with van der Waals surface area (Å²) in [4.78, 5) is 24.6. The molecule has 9 heteroatoms. The van der Waals surface area contributed by atoms with Gasteiger partial charge in [-0.15, -0.1) is 0 Å². The fourth-order valence-corrected chi connectivity index (χ4v) is 1.91. The number of aliphatic hydroxyl groups excluding tert-OH is 3. The van der Waals surface area contributed by atoms with Gasteiger partial charge in [0.2, 0.25) is 0 Å². The fourth-order valence-electron chi connectivity index (χ4n) is 1.76. The second kappa shape index (κ2) is 4.82. The Bertz CT molecular complexity index is 555. The summed E-state index contributed by atoms with van der Waals surface area (Å²) in [6.45, 7) is -0.513. The lowest BCUT2D eigenvalue weighted by Crippen LogP contribution is -2.38. The van der Waals surface area contributed by atoms with Crippen LogP contribution in [0.2, 0.25) is 5.02 Å². The van der Waals surface area contributed by atoms with E-state index in [1.54, 1.807) is 0 Å². The molecule has 100 valence electrons. The van der Waals surface area contributed by atoms with Gasteiger partial charge in [-0.1, -0.05) is 11.6 Å². The van der Waals surface area contributed by atoms with Crippen molar-refractivity contribution >= 4 is 11.6 Å². The first-order chi connectivity index (χ1) is 8.45. The molecule has 1 fully saturated rings. The van der Waals surface area contributed by atoms with Crippen LogP contribution < -0.4 is 11.2 Å². The van der Waals surface area contributed by atoms with Crippen molar-refractivity contribution in [1.82, 2.24) is 9.55 Å². The van der Waals surface area contributed by atoms with Gasteiger partial charge >= 0.3 is 5.69 Å². The Hall–Kier alpha value is -1.19. The van der Waals surface area contributed by atoms with Gasteiger partial charge in [-0.3, -0.25) is 14.3 Å². The molecule has 4 N–H and O–H groups in total. The van der Waals surface area contributed by atoms with Crippen LogP contribution in [-0.2, 0) is 4.74 Å². The normalized spacial score (nSPS) is 31.8. The van der Waals surface area contributed by atoms with Gasteiger partial charge in [-0.05, 0) is 0 Å². The summed E-state index contributed by atoms with van der Waals surface area (Å²) in [5.41, 5.74) is -1.59. The van der Waals surface area contributed by atoms with E-state index in [2.05, 4.69) is 0 Å². The van der Waals surface area contributed by atoms with Gasteiger partial charge in [-0.2, -0.15) is 0 Å². The average Bonchev–Trinajstić information content (AvgIpc) is 2.61. The third kappa shape index (κ3) is 2.08. The van der Waals surface area contributed by atoms with Crippen molar-refractivity contribution < 1.29 is 20.1 Å². The molecule has 0 spiro atoms. The molecule has 4 atom stereocenters. The number of H-pyrrole nitrogens is 1. The molecule has 2 rings (SSSR count). The van der Waals surface area contributed by atoms with Crippen molar-refractivity contribution in [3.8, 4) is 0 Å². The van der Waals surface area contributed by atoms with Crippen molar-refractivity contribution in [2.45, 2.75) is 24.5 Å². The maximum atomic E-state index is 11.5. The van der Waals surface area contributed by atoms with Gasteiger partial charge in [0.25, 0.3) is 5.56 Å². The van der Waals surface area contributed by atoms with Gasteiger partial charge in [0, 0.05) is 6.20 Å². The number of halogens is 1. The van der Waals surface area contributed by atoms with Crippen LogP contribution in [0.5, 0.6) is 0 Å². The van der Waals surface area contributed by atoms with E-state index in [0.717, 1.165) is 10.8 Å². The Labute approximate surface area is 105 Å². The zero-order valence-corrected chi connectivity index (χ0v) is 9.74. The maximum Gasteiger partial charge on any atom is 0.330 e. The van der Waals surface area contributed by atoms with E-state index in [0.29, 0.717) is 0 Å². The van der Waals surface area contributed by atoms with Crippen LogP contribution in [0.1, 0.15) is 6.23 Å². The predicted molar refractivity (Wildman–Crippen MR) is 59.3 cm³/mol. The van der Waals surface area contributed by atoms with Crippen LogP contribution >= 0.6 is 11.6 Å². The quantitative estimate of drug-likeness (QED) is 0.487. The molecular weight excluding hydrogens is 268 g/mol. The summed E-state index contributed by atoms with van der Waals surface area (Å²) in [5.74, 6) is 0. The summed E-state index contributed by atoms with van der Waals surface area (Å²) in [6, 6.07) is 0. The molecule has 1 saturated heterocycles. The zero-order chi connectivity index (χ0) is 13.4. The predicted octanol–water partition coefficient (Wildman–Crippen LogP) is -2.20. The van der Waals surface area contributed by atoms with Crippen LogP contribution in [0.4, 0.5) is 0 Å². The molecule has 0 amide bonds. The molecule has 0 saturated carbocycles. The van der Waals surface area contributed by atoms with Crippen molar-refractivity contribution in [3.63, 3.8) is 0 Å². The highest BCUT2D eigenvalue weighted by Crippen LogP contribution is 2.28. The monoisotopic (exact) mass is 278 g/mol. The first-order valence-electron chi connectivity index (χ1n) is 5.09. The number of aromatic nitrogens is 2. The minimum Gasteiger partial charge on any atom is -0.394 e. The second-order valence-electron chi connectivity index (χ2n) is 3.87. The summed E-state index contributed by atoms with van der Waals surface area (Å²) >= 11 is 5.57. The first kappa shape index (κ1) is 13.2. The zero-order valence-electron chi connectivity index (χ0n) is 8.99. The first-order valence-corrected chi connectivity index (χ1v) is 5.47. The largest absolute Gasteiger partial charge is 0.394 e. The number of ether oxygens (including phenoxy) is 1. The molecule has 0 bridgehead atoms. The lowest BCUT2D eigenvalue weighted by Gasteiger charge is -2.17. The van der Waals surface area contributed by atoms with E-state index in [9.17, 15) is 19.8 Å². The molecular formula is C9H11ClN2O6. The fraction of sp³-hybridized carbons (Fsp3) is 0.556. The summed E-state index contributed by atoms with van der Waals surface area (Å²) in [6.07, 6.45) is -3.98. The molecule has 8 nitrogen and oxygen atoms in total. The number of nitrogens with zero attached hydrogens (tertiary/aromatic N) is 1. The third-order valence-electron chi connectivity index (χ3n) is 2.72.